The molecule has 2 rings (SSSR count). The third-order valence-electron chi connectivity index (χ3n) is 2.50. The minimum atomic E-state index is -1.27. The van der Waals surface area contributed by atoms with E-state index in [-0.39, 0.29) is 10.9 Å². The van der Waals surface area contributed by atoms with Crippen molar-refractivity contribution in [1.29, 1.82) is 0 Å². The van der Waals surface area contributed by atoms with Gasteiger partial charge < -0.3 is 10.1 Å². The van der Waals surface area contributed by atoms with Crippen molar-refractivity contribution in [3.8, 4) is 0 Å². The Morgan fingerprint density at radius 3 is 2.78 bits per heavy atom. The first kappa shape index (κ1) is 11.8. The Morgan fingerprint density at radius 2 is 2.11 bits per heavy atom. The number of hydrogen-bond acceptors (Lipinski definition) is 3. The van der Waals surface area contributed by atoms with Gasteiger partial charge in [-0.05, 0) is 23.8 Å². The average molecular weight is 243 g/mol. The number of pyridine rings is 1. The van der Waals surface area contributed by atoms with Gasteiger partial charge in [0.25, 0.3) is 0 Å². The average Bonchev–Trinajstić information content (AvgIpc) is 2.36. The van der Waals surface area contributed by atoms with Gasteiger partial charge in [-0.15, -0.1) is 0 Å². The summed E-state index contributed by atoms with van der Waals surface area (Å²) in [5.74, 6) is -1.27. The predicted octanol–water partition coefficient (Wildman–Crippen LogP) is 1.44. The molecule has 0 bridgehead atoms. The van der Waals surface area contributed by atoms with Crippen LogP contribution in [0.2, 0.25) is 0 Å². The minimum absolute atomic E-state index is 0.281. The molecular weight excluding hydrogens is 234 g/mol. The zero-order valence-electron chi connectivity index (χ0n) is 9.21. The molecule has 1 aromatic heterocycles. The molecule has 0 aliphatic heterocycles. The zero-order valence-corrected chi connectivity index (χ0v) is 9.21. The standard InChI is InChI=1S/C13H9NO4/c15-5-1-2-8-3-4-11-9(6-8)12(16)10(7-14-11)13(17)18/h1-7H,(H,14,16)(H,17,18). The summed E-state index contributed by atoms with van der Waals surface area (Å²) < 4.78 is 0. The lowest BCUT2D eigenvalue weighted by molar-refractivity contribution is -0.104. The molecule has 0 saturated carbocycles. The van der Waals surface area contributed by atoms with Crippen LogP contribution in [0.15, 0.2) is 35.3 Å². The maximum atomic E-state index is 11.9. The number of aromatic nitrogens is 1. The topological polar surface area (TPSA) is 87.2 Å². The van der Waals surface area contributed by atoms with E-state index in [9.17, 15) is 14.4 Å². The van der Waals surface area contributed by atoms with Gasteiger partial charge in [0.15, 0.2) is 0 Å². The lowest BCUT2D eigenvalue weighted by Crippen LogP contribution is -2.15. The molecule has 0 unspecified atom stereocenters. The third kappa shape index (κ3) is 2.06. The van der Waals surface area contributed by atoms with Crippen molar-refractivity contribution in [2.24, 2.45) is 0 Å². The summed E-state index contributed by atoms with van der Waals surface area (Å²) in [7, 11) is 0. The van der Waals surface area contributed by atoms with E-state index >= 15 is 0 Å². The highest BCUT2D eigenvalue weighted by Crippen LogP contribution is 2.12. The maximum absolute atomic E-state index is 11.9. The largest absolute Gasteiger partial charge is 0.477 e. The number of fused-ring (bicyclic) bond motifs is 1. The van der Waals surface area contributed by atoms with Crippen LogP contribution in [-0.4, -0.2) is 22.3 Å². The molecule has 0 saturated heterocycles. The molecule has 0 amide bonds. The number of nitrogens with one attached hydrogen (secondary N) is 1. The molecule has 0 aliphatic carbocycles. The minimum Gasteiger partial charge on any atom is -0.477 e. The molecule has 5 nitrogen and oxygen atoms in total. The fourth-order valence-corrected chi connectivity index (χ4v) is 1.65. The summed E-state index contributed by atoms with van der Waals surface area (Å²) in [6.07, 6.45) is 4.64. The molecule has 0 atom stereocenters. The number of hydrogen-bond donors (Lipinski definition) is 2. The van der Waals surface area contributed by atoms with Crippen LogP contribution in [0.25, 0.3) is 17.0 Å². The van der Waals surface area contributed by atoms with Crippen LogP contribution in [0.4, 0.5) is 0 Å². The maximum Gasteiger partial charge on any atom is 0.341 e. The van der Waals surface area contributed by atoms with Crippen molar-refractivity contribution in [1.82, 2.24) is 4.98 Å². The Hall–Kier alpha value is -2.69. The number of allylic oxidation sites excluding steroid dienone is 1. The summed E-state index contributed by atoms with van der Waals surface area (Å²) >= 11 is 0. The van der Waals surface area contributed by atoms with Crippen LogP contribution in [0, 0.1) is 0 Å². The van der Waals surface area contributed by atoms with E-state index in [2.05, 4.69) is 4.98 Å². The fraction of sp³-hybridized carbons (Fsp3) is 0. The smallest absolute Gasteiger partial charge is 0.341 e. The second-order valence-corrected chi connectivity index (χ2v) is 3.64. The second kappa shape index (κ2) is 4.67. The van der Waals surface area contributed by atoms with Crippen LogP contribution >= 0.6 is 0 Å². The molecule has 1 heterocycles. The molecule has 0 aliphatic rings. The van der Waals surface area contributed by atoms with Crippen molar-refractivity contribution in [2.75, 3.05) is 0 Å². The Bertz CT molecular complexity index is 712. The SMILES string of the molecule is O=CC=Cc1ccc2[nH]cc(C(=O)O)c(=O)c2c1. The number of carboxylic acids is 1. The molecular formula is C13H9NO4. The molecule has 90 valence electrons. The van der Waals surface area contributed by atoms with Gasteiger partial charge in [-0.2, -0.15) is 0 Å². The van der Waals surface area contributed by atoms with Crippen LogP contribution in [-0.2, 0) is 4.79 Å². The predicted molar refractivity (Wildman–Crippen MR) is 66.6 cm³/mol. The van der Waals surface area contributed by atoms with Crippen LogP contribution in [0.3, 0.4) is 0 Å². The quantitative estimate of drug-likeness (QED) is 0.630. The first-order valence-corrected chi connectivity index (χ1v) is 5.14. The van der Waals surface area contributed by atoms with Crippen molar-refractivity contribution in [3.05, 3.63) is 51.8 Å². The van der Waals surface area contributed by atoms with Gasteiger partial charge >= 0.3 is 5.97 Å². The molecule has 0 fully saturated rings. The van der Waals surface area contributed by atoms with E-state index < -0.39 is 11.4 Å². The van der Waals surface area contributed by atoms with Gasteiger partial charge in [-0.3, -0.25) is 9.59 Å². The molecule has 1 aromatic carbocycles. The Morgan fingerprint density at radius 1 is 1.33 bits per heavy atom. The zero-order chi connectivity index (χ0) is 13.1. The Balaban J connectivity index is 2.70. The Kier molecular flexibility index (Phi) is 3.05. The van der Waals surface area contributed by atoms with Gasteiger partial charge in [-0.25, -0.2) is 4.79 Å². The van der Waals surface area contributed by atoms with Crippen LogP contribution in [0.5, 0.6) is 0 Å². The fourth-order valence-electron chi connectivity index (χ4n) is 1.65. The summed E-state index contributed by atoms with van der Waals surface area (Å²) in [5, 5.41) is 9.14. The van der Waals surface area contributed by atoms with Crippen molar-refractivity contribution < 1.29 is 14.7 Å². The van der Waals surface area contributed by atoms with E-state index in [0.717, 1.165) is 0 Å². The second-order valence-electron chi connectivity index (χ2n) is 3.64. The number of benzene rings is 1. The number of rotatable bonds is 3. The highest BCUT2D eigenvalue weighted by molar-refractivity contribution is 5.93. The van der Waals surface area contributed by atoms with Gasteiger partial charge in [0, 0.05) is 17.1 Å². The van der Waals surface area contributed by atoms with E-state index in [1.54, 1.807) is 24.3 Å². The number of H-pyrrole nitrogens is 1. The van der Waals surface area contributed by atoms with Crippen molar-refractivity contribution in [2.45, 2.75) is 0 Å². The number of aromatic amines is 1. The number of carbonyl (C=O) groups excluding carboxylic acids is 1. The Labute approximate surface area is 101 Å². The third-order valence-corrected chi connectivity index (χ3v) is 2.50. The molecule has 0 radical (unpaired) electrons. The first-order valence-electron chi connectivity index (χ1n) is 5.14. The summed E-state index contributed by atoms with van der Waals surface area (Å²) in [5.41, 5.74) is 0.354. The molecule has 18 heavy (non-hydrogen) atoms. The lowest BCUT2D eigenvalue weighted by atomic mass is 10.1. The van der Waals surface area contributed by atoms with Crippen molar-refractivity contribution >= 4 is 29.2 Å². The summed E-state index contributed by atoms with van der Waals surface area (Å²) in [6, 6.07) is 4.92. The molecule has 2 N–H and O–H groups in total. The number of carboxylic acid groups (broad SMARTS) is 1. The van der Waals surface area contributed by atoms with E-state index in [0.29, 0.717) is 17.4 Å². The first-order chi connectivity index (χ1) is 8.63. The monoisotopic (exact) mass is 243 g/mol. The molecule has 2 aromatic rings. The van der Waals surface area contributed by atoms with Gasteiger partial charge in [-0.1, -0.05) is 12.1 Å². The highest BCUT2D eigenvalue weighted by atomic mass is 16.4. The van der Waals surface area contributed by atoms with Crippen LogP contribution in [0.1, 0.15) is 15.9 Å². The van der Waals surface area contributed by atoms with Crippen LogP contribution < -0.4 is 5.43 Å². The van der Waals surface area contributed by atoms with E-state index in [1.165, 1.54) is 12.3 Å². The van der Waals surface area contributed by atoms with Gasteiger partial charge in [0.2, 0.25) is 5.43 Å². The highest BCUT2D eigenvalue weighted by Gasteiger charge is 2.11. The summed E-state index contributed by atoms with van der Waals surface area (Å²) in [6.45, 7) is 0. The van der Waals surface area contributed by atoms with E-state index in [4.69, 9.17) is 5.11 Å². The molecule has 5 heteroatoms. The van der Waals surface area contributed by atoms with Gasteiger partial charge in [0.1, 0.15) is 11.8 Å². The lowest BCUT2D eigenvalue weighted by Gasteiger charge is -2.01. The number of aromatic carboxylic acids is 1. The normalized spacial score (nSPS) is 10.9. The van der Waals surface area contributed by atoms with Crippen molar-refractivity contribution in [3.63, 3.8) is 0 Å². The number of aldehydes is 1. The summed E-state index contributed by atoms with van der Waals surface area (Å²) in [4.78, 5) is 35.7. The number of carbonyl (C=O) groups is 2. The molecule has 0 spiro atoms. The van der Waals surface area contributed by atoms with E-state index in [1.807, 2.05) is 0 Å². The van der Waals surface area contributed by atoms with Gasteiger partial charge in [0.05, 0.1) is 0 Å².